The van der Waals surface area contributed by atoms with Gasteiger partial charge in [0.15, 0.2) is 0 Å². The summed E-state index contributed by atoms with van der Waals surface area (Å²) in [6, 6.07) is 12.2. The van der Waals surface area contributed by atoms with Crippen molar-refractivity contribution in [3.63, 3.8) is 0 Å². The lowest BCUT2D eigenvalue weighted by Gasteiger charge is -2.34. The van der Waals surface area contributed by atoms with Crippen LogP contribution in [-0.2, 0) is 4.79 Å². The molecule has 2 aromatic carbocycles. The molecule has 3 aromatic rings. The van der Waals surface area contributed by atoms with Crippen molar-refractivity contribution in [3.05, 3.63) is 58.2 Å². The van der Waals surface area contributed by atoms with E-state index in [0.29, 0.717) is 70.4 Å². The second-order valence-corrected chi connectivity index (χ2v) is 8.60. The molecule has 0 aliphatic carbocycles. The number of aromatic nitrogens is 2. The van der Waals surface area contributed by atoms with Crippen molar-refractivity contribution >= 4 is 35.0 Å². The van der Waals surface area contributed by atoms with E-state index in [1.165, 1.54) is 6.92 Å². The van der Waals surface area contributed by atoms with Gasteiger partial charge in [-0.25, -0.2) is 4.68 Å². The number of hydrogen-bond acceptors (Lipinski definition) is 5. The Morgan fingerprint density at radius 3 is 2.21 bits per heavy atom. The van der Waals surface area contributed by atoms with Crippen LogP contribution in [0.15, 0.2) is 42.5 Å². The molecule has 0 bridgehead atoms. The van der Waals surface area contributed by atoms with Crippen molar-refractivity contribution in [1.29, 1.82) is 0 Å². The van der Waals surface area contributed by atoms with Crippen LogP contribution in [0.3, 0.4) is 0 Å². The number of methoxy groups -OCH3 is 2. The zero-order valence-corrected chi connectivity index (χ0v) is 20.6. The number of halogens is 2. The molecule has 0 spiro atoms. The zero-order valence-electron chi connectivity index (χ0n) is 19.0. The van der Waals surface area contributed by atoms with Crippen LogP contribution in [0.1, 0.15) is 17.4 Å². The Hall–Kier alpha value is -3.23. The number of piperazine rings is 1. The number of hydrogen-bond donors (Lipinski definition) is 0. The zero-order chi connectivity index (χ0) is 24.4. The van der Waals surface area contributed by atoms with Crippen molar-refractivity contribution in [2.75, 3.05) is 40.4 Å². The van der Waals surface area contributed by atoms with Crippen LogP contribution in [-0.4, -0.2) is 71.8 Å². The van der Waals surface area contributed by atoms with Crippen molar-refractivity contribution in [2.24, 2.45) is 0 Å². The molecule has 10 heteroatoms. The van der Waals surface area contributed by atoms with E-state index in [-0.39, 0.29) is 11.8 Å². The molecule has 178 valence electrons. The Morgan fingerprint density at radius 2 is 1.59 bits per heavy atom. The standard InChI is InChI=1S/C24H24Cl2N4O4/c1-15(31)28-8-10-29(11-9-28)24(32)22-14-21(18-6-5-17(33-2)13-23(18)34-3)27-30(22)16-4-7-19(25)20(26)12-16/h4-7,12-14H,8-11H2,1-3H3. The Balaban J connectivity index is 1.77. The first-order valence-corrected chi connectivity index (χ1v) is 11.4. The highest BCUT2D eigenvalue weighted by molar-refractivity contribution is 6.42. The minimum absolute atomic E-state index is 0.00170. The quantitative estimate of drug-likeness (QED) is 0.523. The van der Waals surface area contributed by atoms with E-state index < -0.39 is 0 Å². The van der Waals surface area contributed by atoms with Crippen LogP contribution < -0.4 is 9.47 Å². The Kier molecular flexibility index (Phi) is 7.00. The summed E-state index contributed by atoms with van der Waals surface area (Å²) in [7, 11) is 3.14. The molecule has 8 nitrogen and oxygen atoms in total. The van der Waals surface area contributed by atoms with Gasteiger partial charge in [-0.1, -0.05) is 23.2 Å². The van der Waals surface area contributed by atoms with E-state index in [1.807, 2.05) is 6.07 Å². The van der Waals surface area contributed by atoms with Crippen LogP contribution in [0, 0.1) is 0 Å². The fourth-order valence-electron chi connectivity index (χ4n) is 3.88. The maximum absolute atomic E-state index is 13.6. The lowest BCUT2D eigenvalue weighted by molar-refractivity contribution is -0.130. The molecule has 34 heavy (non-hydrogen) atoms. The fraction of sp³-hybridized carbons (Fsp3) is 0.292. The third-order valence-corrected chi connectivity index (χ3v) is 6.51. The summed E-state index contributed by atoms with van der Waals surface area (Å²) in [5.74, 6) is 1.01. The average molecular weight is 503 g/mol. The van der Waals surface area contributed by atoms with Crippen LogP contribution >= 0.6 is 23.2 Å². The first kappa shape index (κ1) is 23.9. The molecule has 1 aliphatic rings. The van der Waals surface area contributed by atoms with Gasteiger partial charge >= 0.3 is 0 Å². The van der Waals surface area contributed by atoms with Gasteiger partial charge in [0.25, 0.3) is 5.91 Å². The summed E-state index contributed by atoms with van der Waals surface area (Å²) >= 11 is 12.4. The maximum atomic E-state index is 13.6. The van der Waals surface area contributed by atoms with E-state index in [0.717, 1.165) is 0 Å². The Labute approximate surface area is 207 Å². The van der Waals surface area contributed by atoms with Crippen LogP contribution in [0.5, 0.6) is 11.5 Å². The molecule has 0 N–H and O–H groups in total. The topological polar surface area (TPSA) is 76.9 Å². The molecule has 0 saturated carbocycles. The van der Waals surface area contributed by atoms with Crippen molar-refractivity contribution < 1.29 is 19.1 Å². The molecule has 1 saturated heterocycles. The second-order valence-electron chi connectivity index (χ2n) is 7.79. The second kappa shape index (κ2) is 9.95. The lowest BCUT2D eigenvalue weighted by atomic mass is 10.1. The molecule has 1 fully saturated rings. The molecule has 1 aliphatic heterocycles. The Bertz CT molecular complexity index is 1240. The molecule has 0 radical (unpaired) electrons. The van der Waals surface area contributed by atoms with Gasteiger partial charge in [-0.2, -0.15) is 5.10 Å². The first-order chi connectivity index (χ1) is 16.3. The van der Waals surface area contributed by atoms with Crippen molar-refractivity contribution in [1.82, 2.24) is 19.6 Å². The van der Waals surface area contributed by atoms with Gasteiger partial charge in [0, 0.05) is 44.7 Å². The van der Waals surface area contributed by atoms with Gasteiger partial charge in [0.05, 0.1) is 35.6 Å². The molecule has 0 atom stereocenters. The molecule has 2 heterocycles. The summed E-state index contributed by atoms with van der Waals surface area (Å²) in [5, 5.41) is 5.49. The van der Waals surface area contributed by atoms with Crippen LogP contribution in [0.25, 0.3) is 16.9 Å². The monoisotopic (exact) mass is 502 g/mol. The molecule has 1 aromatic heterocycles. The number of rotatable bonds is 5. The van der Waals surface area contributed by atoms with Crippen LogP contribution in [0.4, 0.5) is 0 Å². The van der Waals surface area contributed by atoms with Gasteiger partial charge in [-0.05, 0) is 36.4 Å². The summed E-state index contributed by atoms with van der Waals surface area (Å²) in [6.45, 7) is 3.38. The van der Waals surface area contributed by atoms with E-state index in [1.54, 1.807) is 65.1 Å². The highest BCUT2D eigenvalue weighted by Crippen LogP contribution is 2.34. The summed E-state index contributed by atoms with van der Waals surface area (Å²) in [5.41, 5.74) is 2.22. The molecule has 4 rings (SSSR count). The largest absolute Gasteiger partial charge is 0.497 e. The molecule has 0 unspecified atom stereocenters. The summed E-state index contributed by atoms with van der Waals surface area (Å²) in [4.78, 5) is 28.7. The van der Waals surface area contributed by atoms with Gasteiger partial charge < -0.3 is 19.3 Å². The lowest BCUT2D eigenvalue weighted by Crippen LogP contribution is -2.50. The maximum Gasteiger partial charge on any atom is 0.272 e. The first-order valence-electron chi connectivity index (χ1n) is 10.6. The Morgan fingerprint density at radius 1 is 0.882 bits per heavy atom. The molecular weight excluding hydrogens is 479 g/mol. The predicted octanol–water partition coefficient (Wildman–Crippen LogP) is 4.17. The number of carbonyl (C=O) groups excluding carboxylic acids is 2. The van der Waals surface area contributed by atoms with Crippen molar-refractivity contribution in [2.45, 2.75) is 6.92 Å². The van der Waals surface area contributed by atoms with Crippen molar-refractivity contribution in [3.8, 4) is 28.4 Å². The smallest absolute Gasteiger partial charge is 0.272 e. The van der Waals surface area contributed by atoms with E-state index >= 15 is 0 Å². The van der Waals surface area contributed by atoms with Crippen LogP contribution in [0.2, 0.25) is 10.0 Å². The van der Waals surface area contributed by atoms with E-state index in [9.17, 15) is 9.59 Å². The van der Waals surface area contributed by atoms with Gasteiger partial charge in [-0.15, -0.1) is 0 Å². The van der Waals surface area contributed by atoms with E-state index in [2.05, 4.69) is 0 Å². The number of ether oxygens (including phenoxy) is 2. The summed E-state index contributed by atoms with van der Waals surface area (Å²) < 4.78 is 12.4. The average Bonchev–Trinajstić information content (AvgIpc) is 3.30. The predicted molar refractivity (Wildman–Crippen MR) is 130 cm³/mol. The highest BCUT2D eigenvalue weighted by Gasteiger charge is 2.27. The third kappa shape index (κ3) is 4.69. The number of benzene rings is 2. The van der Waals surface area contributed by atoms with Gasteiger partial charge in [0.2, 0.25) is 5.91 Å². The molecule has 2 amide bonds. The van der Waals surface area contributed by atoms with Gasteiger partial charge in [-0.3, -0.25) is 9.59 Å². The SMILES string of the molecule is COc1ccc(-c2cc(C(=O)N3CCN(C(C)=O)CC3)n(-c3ccc(Cl)c(Cl)c3)n2)c(OC)c1. The number of amides is 2. The normalized spacial score (nSPS) is 13.7. The number of carbonyl (C=O) groups is 2. The molecular formula is C24H24Cl2N4O4. The minimum Gasteiger partial charge on any atom is -0.497 e. The van der Waals surface area contributed by atoms with E-state index in [4.69, 9.17) is 37.8 Å². The highest BCUT2D eigenvalue weighted by atomic mass is 35.5. The summed E-state index contributed by atoms with van der Waals surface area (Å²) in [6.07, 6.45) is 0. The third-order valence-electron chi connectivity index (χ3n) is 5.77. The fourth-order valence-corrected chi connectivity index (χ4v) is 4.17. The number of nitrogens with zero attached hydrogens (tertiary/aromatic N) is 4. The van der Waals surface area contributed by atoms with Gasteiger partial charge in [0.1, 0.15) is 17.2 Å². The minimum atomic E-state index is -0.194.